The monoisotopic (exact) mass is 245 g/mol. The highest BCUT2D eigenvalue weighted by Gasteiger charge is 2.54. The summed E-state index contributed by atoms with van der Waals surface area (Å²) in [5.74, 6) is 1.37. The van der Waals surface area contributed by atoms with Gasteiger partial charge >= 0.3 is 0 Å². The summed E-state index contributed by atoms with van der Waals surface area (Å²) in [5, 5.41) is 9.77. The highest BCUT2D eigenvalue weighted by Crippen LogP contribution is 2.55. The largest absolute Gasteiger partial charge is 0.508 e. The Morgan fingerprint density at radius 3 is 3.17 bits per heavy atom. The van der Waals surface area contributed by atoms with Crippen LogP contribution >= 0.6 is 0 Å². The highest BCUT2D eigenvalue weighted by molar-refractivity contribution is 5.50. The van der Waals surface area contributed by atoms with Crippen molar-refractivity contribution in [3.05, 3.63) is 23.8 Å². The SMILES string of the molecule is CN1CC[C@@]23C[C@H]1CC[C@H]2Oc1ccc(O)cc13. The maximum absolute atomic E-state index is 9.77. The van der Waals surface area contributed by atoms with Crippen molar-refractivity contribution in [3.8, 4) is 11.5 Å². The van der Waals surface area contributed by atoms with Gasteiger partial charge in [0.25, 0.3) is 0 Å². The van der Waals surface area contributed by atoms with Crippen molar-refractivity contribution in [2.24, 2.45) is 0 Å². The number of phenols is 1. The van der Waals surface area contributed by atoms with Crippen molar-refractivity contribution in [1.82, 2.24) is 4.90 Å². The van der Waals surface area contributed by atoms with Crippen molar-refractivity contribution >= 4 is 0 Å². The Kier molecular flexibility index (Phi) is 2.03. The number of hydrogen-bond donors (Lipinski definition) is 1. The van der Waals surface area contributed by atoms with E-state index in [0.717, 1.165) is 25.1 Å². The van der Waals surface area contributed by atoms with Crippen LogP contribution in [0.15, 0.2) is 18.2 Å². The molecule has 1 aromatic rings. The molecule has 2 aliphatic heterocycles. The minimum atomic E-state index is 0.170. The molecule has 0 unspecified atom stereocenters. The third-order valence-electron chi connectivity index (χ3n) is 5.28. The molecule has 0 amide bonds. The van der Waals surface area contributed by atoms with Gasteiger partial charge in [0, 0.05) is 17.0 Å². The molecule has 1 spiro atoms. The molecule has 0 aromatic heterocycles. The lowest BCUT2D eigenvalue weighted by molar-refractivity contribution is 0.00485. The third kappa shape index (κ3) is 1.23. The molecule has 2 bridgehead atoms. The minimum Gasteiger partial charge on any atom is -0.508 e. The van der Waals surface area contributed by atoms with Crippen LogP contribution < -0.4 is 4.74 Å². The van der Waals surface area contributed by atoms with Crippen LogP contribution in [-0.2, 0) is 5.41 Å². The number of aromatic hydroxyl groups is 1. The van der Waals surface area contributed by atoms with E-state index in [1.807, 2.05) is 12.1 Å². The average molecular weight is 245 g/mol. The molecular weight excluding hydrogens is 226 g/mol. The molecule has 3 atom stereocenters. The number of piperidine rings is 1. The van der Waals surface area contributed by atoms with Crippen molar-refractivity contribution in [2.75, 3.05) is 13.6 Å². The fourth-order valence-electron chi connectivity index (χ4n) is 4.22. The summed E-state index contributed by atoms with van der Waals surface area (Å²) in [6.07, 6.45) is 5.05. The first-order valence-electron chi connectivity index (χ1n) is 6.89. The predicted molar refractivity (Wildman–Crippen MR) is 69.1 cm³/mol. The number of phenolic OH excluding ortho intramolecular Hbond substituents is 1. The van der Waals surface area contributed by atoms with E-state index in [4.69, 9.17) is 4.74 Å². The summed E-state index contributed by atoms with van der Waals surface area (Å²) in [7, 11) is 2.23. The highest BCUT2D eigenvalue weighted by atomic mass is 16.5. The molecule has 3 nitrogen and oxygen atoms in total. The van der Waals surface area contributed by atoms with Crippen LogP contribution in [0.5, 0.6) is 11.5 Å². The van der Waals surface area contributed by atoms with Gasteiger partial charge in [-0.05, 0) is 57.5 Å². The van der Waals surface area contributed by atoms with Crippen LogP contribution in [0.2, 0.25) is 0 Å². The molecule has 2 fully saturated rings. The first-order chi connectivity index (χ1) is 8.69. The number of likely N-dealkylation sites (tertiary alicyclic amines) is 1. The quantitative estimate of drug-likeness (QED) is 0.761. The second kappa shape index (κ2) is 3.41. The fraction of sp³-hybridized carbons (Fsp3) is 0.600. The van der Waals surface area contributed by atoms with E-state index in [9.17, 15) is 5.11 Å². The predicted octanol–water partition coefficient (Wildman–Crippen LogP) is 2.28. The van der Waals surface area contributed by atoms with Gasteiger partial charge in [-0.1, -0.05) is 0 Å². The van der Waals surface area contributed by atoms with Gasteiger partial charge in [0.2, 0.25) is 0 Å². The Labute approximate surface area is 107 Å². The van der Waals surface area contributed by atoms with Gasteiger partial charge in [0.15, 0.2) is 0 Å². The van der Waals surface area contributed by atoms with Crippen LogP contribution in [0.3, 0.4) is 0 Å². The zero-order valence-electron chi connectivity index (χ0n) is 10.7. The number of hydrogen-bond acceptors (Lipinski definition) is 3. The first kappa shape index (κ1) is 10.7. The summed E-state index contributed by atoms with van der Waals surface area (Å²) in [6, 6.07) is 6.29. The van der Waals surface area contributed by atoms with E-state index in [-0.39, 0.29) is 5.41 Å². The van der Waals surface area contributed by atoms with Crippen LogP contribution in [0.25, 0.3) is 0 Å². The van der Waals surface area contributed by atoms with Gasteiger partial charge in [-0.3, -0.25) is 0 Å². The number of ether oxygens (including phenoxy) is 1. The summed E-state index contributed by atoms with van der Waals surface area (Å²) in [6.45, 7) is 1.14. The zero-order valence-corrected chi connectivity index (χ0v) is 10.7. The lowest BCUT2D eigenvalue weighted by atomic mass is 9.63. The Morgan fingerprint density at radius 2 is 2.28 bits per heavy atom. The molecule has 1 aliphatic carbocycles. The molecule has 3 aliphatic rings. The summed E-state index contributed by atoms with van der Waals surface area (Å²) in [5.41, 5.74) is 1.43. The second-order valence-electron chi connectivity index (χ2n) is 6.11. The van der Waals surface area contributed by atoms with Crippen LogP contribution in [-0.4, -0.2) is 35.7 Å². The molecular formula is C15H19NO2. The zero-order chi connectivity index (χ0) is 12.3. The Bertz CT molecular complexity index is 501. The van der Waals surface area contributed by atoms with E-state index in [0.29, 0.717) is 17.9 Å². The molecule has 1 aromatic carbocycles. The molecule has 18 heavy (non-hydrogen) atoms. The van der Waals surface area contributed by atoms with Gasteiger partial charge in [0.05, 0.1) is 0 Å². The molecule has 1 saturated carbocycles. The topological polar surface area (TPSA) is 32.7 Å². The third-order valence-corrected chi connectivity index (χ3v) is 5.28. The summed E-state index contributed by atoms with van der Waals surface area (Å²) < 4.78 is 6.15. The van der Waals surface area contributed by atoms with E-state index >= 15 is 0 Å². The molecule has 1 saturated heterocycles. The van der Waals surface area contributed by atoms with Crippen LogP contribution in [0, 0.1) is 0 Å². The number of benzene rings is 1. The van der Waals surface area contributed by atoms with E-state index in [1.54, 1.807) is 6.07 Å². The average Bonchev–Trinajstić information content (AvgIpc) is 2.68. The summed E-state index contributed by atoms with van der Waals surface area (Å²) in [4.78, 5) is 2.49. The smallest absolute Gasteiger partial charge is 0.123 e. The standard InChI is InChI=1S/C15H19NO2/c1-16-7-6-15-9-10(16)2-5-14(15)18-13-4-3-11(17)8-12(13)15/h3-4,8,10,14,17H,2,5-7,9H2,1H3/t10-,14-,15+/m1/s1. The molecule has 1 N–H and O–H groups in total. The summed E-state index contributed by atoms with van der Waals surface area (Å²) >= 11 is 0. The molecule has 3 heteroatoms. The first-order valence-corrected chi connectivity index (χ1v) is 6.89. The van der Waals surface area contributed by atoms with Crippen molar-refractivity contribution in [2.45, 2.75) is 43.2 Å². The van der Waals surface area contributed by atoms with E-state index in [2.05, 4.69) is 11.9 Å². The van der Waals surface area contributed by atoms with Crippen molar-refractivity contribution < 1.29 is 9.84 Å². The van der Waals surface area contributed by atoms with E-state index < -0.39 is 0 Å². The van der Waals surface area contributed by atoms with Crippen molar-refractivity contribution in [1.29, 1.82) is 0 Å². The van der Waals surface area contributed by atoms with Gasteiger partial charge in [-0.25, -0.2) is 0 Å². The molecule has 0 radical (unpaired) electrons. The van der Waals surface area contributed by atoms with Crippen LogP contribution in [0.4, 0.5) is 0 Å². The second-order valence-corrected chi connectivity index (χ2v) is 6.11. The number of rotatable bonds is 0. The van der Waals surface area contributed by atoms with Gasteiger partial charge < -0.3 is 14.7 Å². The van der Waals surface area contributed by atoms with Crippen molar-refractivity contribution in [3.63, 3.8) is 0 Å². The lowest BCUT2D eigenvalue weighted by Crippen LogP contribution is -2.55. The Hall–Kier alpha value is -1.22. The lowest BCUT2D eigenvalue weighted by Gasteiger charge is -2.49. The Balaban J connectivity index is 1.83. The van der Waals surface area contributed by atoms with Gasteiger partial charge in [-0.2, -0.15) is 0 Å². The Morgan fingerprint density at radius 1 is 1.39 bits per heavy atom. The minimum absolute atomic E-state index is 0.170. The van der Waals surface area contributed by atoms with Gasteiger partial charge in [-0.15, -0.1) is 0 Å². The van der Waals surface area contributed by atoms with Crippen LogP contribution in [0.1, 0.15) is 31.2 Å². The fourth-order valence-corrected chi connectivity index (χ4v) is 4.22. The normalized spacial score (nSPS) is 37.8. The molecule has 4 rings (SSSR count). The molecule has 96 valence electrons. The number of nitrogens with zero attached hydrogens (tertiary/aromatic N) is 1. The molecule has 2 heterocycles. The number of fused-ring (bicyclic) bond motifs is 2. The maximum Gasteiger partial charge on any atom is 0.123 e. The maximum atomic E-state index is 9.77. The van der Waals surface area contributed by atoms with E-state index in [1.165, 1.54) is 18.4 Å². The van der Waals surface area contributed by atoms with Gasteiger partial charge in [0.1, 0.15) is 17.6 Å².